The quantitative estimate of drug-likeness (QED) is 0.813. The lowest BCUT2D eigenvalue weighted by Crippen LogP contribution is -2.26. The summed E-state index contributed by atoms with van der Waals surface area (Å²) < 4.78 is 6.13. The van der Waals surface area contributed by atoms with Crippen LogP contribution < -0.4 is 5.32 Å². The predicted molar refractivity (Wildman–Crippen MR) is 91.2 cm³/mol. The van der Waals surface area contributed by atoms with Crippen LogP contribution in [0.4, 0.5) is 0 Å². The van der Waals surface area contributed by atoms with E-state index in [4.69, 9.17) is 11.6 Å². The maximum absolute atomic E-state index is 12.3. The molecule has 0 saturated carbocycles. The molecule has 0 radical (unpaired) electrons. The van der Waals surface area contributed by atoms with E-state index in [1.807, 2.05) is 31.2 Å². The van der Waals surface area contributed by atoms with E-state index in [0.29, 0.717) is 17.8 Å². The SMILES string of the molecule is COC(=O)CCNC(=O)c1c(C)nn(Cc2ccc(C)cc2)c1Cl. The molecule has 2 aromatic rings. The molecule has 1 aromatic heterocycles. The molecule has 7 heteroatoms. The summed E-state index contributed by atoms with van der Waals surface area (Å²) in [6.45, 7) is 4.41. The summed E-state index contributed by atoms with van der Waals surface area (Å²) in [5.74, 6) is -0.732. The summed E-state index contributed by atoms with van der Waals surface area (Å²) in [5.41, 5.74) is 3.09. The zero-order valence-corrected chi connectivity index (χ0v) is 14.7. The lowest BCUT2D eigenvalue weighted by atomic mass is 10.1. The van der Waals surface area contributed by atoms with Crippen LogP contribution in [0, 0.1) is 13.8 Å². The highest BCUT2D eigenvalue weighted by Crippen LogP contribution is 2.21. The Kier molecular flexibility index (Phi) is 5.98. The van der Waals surface area contributed by atoms with Crippen LogP contribution in [0.25, 0.3) is 0 Å². The van der Waals surface area contributed by atoms with Gasteiger partial charge in [0.25, 0.3) is 5.91 Å². The molecular weight excluding hydrogens is 330 g/mol. The predicted octanol–water partition coefficient (Wildman–Crippen LogP) is 2.49. The number of ether oxygens (including phenoxy) is 1. The highest BCUT2D eigenvalue weighted by Gasteiger charge is 2.20. The minimum Gasteiger partial charge on any atom is -0.469 e. The van der Waals surface area contributed by atoms with Gasteiger partial charge in [0.2, 0.25) is 0 Å². The first-order chi connectivity index (χ1) is 11.4. The van der Waals surface area contributed by atoms with E-state index < -0.39 is 0 Å². The normalized spacial score (nSPS) is 10.5. The monoisotopic (exact) mass is 349 g/mol. The molecule has 0 spiro atoms. The fraction of sp³-hybridized carbons (Fsp3) is 0.353. The van der Waals surface area contributed by atoms with Gasteiger partial charge >= 0.3 is 5.97 Å². The lowest BCUT2D eigenvalue weighted by molar-refractivity contribution is -0.140. The van der Waals surface area contributed by atoms with Crippen LogP contribution in [0.1, 0.15) is 33.6 Å². The smallest absolute Gasteiger partial charge is 0.307 e. The van der Waals surface area contributed by atoms with E-state index in [0.717, 1.165) is 5.56 Å². The third-order valence-corrected chi connectivity index (χ3v) is 3.97. The molecule has 6 nitrogen and oxygen atoms in total. The Balaban J connectivity index is 2.09. The van der Waals surface area contributed by atoms with Crippen molar-refractivity contribution in [2.45, 2.75) is 26.8 Å². The standard InChI is InChI=1S/C17H20ClN3O3/c1-11-4-6-13(7-5-11)10-21-16(18)15(12(2)20-21)17(23)19-9-8-14(22)24-3/h4-7H,8-10H2,1-3H3,(H,19,23). The Hall–Kier alpha value is -2.34. The molecule has 0 fully saturated rings. The van der Waals surface area contributed by atoms with Gasteiger partial charge in [-0.3, -0.25) is 9.59 Å². The van der Waals surface area contributed by atoms with Crippen LogP contribution in [-0.4, -0.2) is 35.3 Å². The number of amides is 1. The maximum Gasteiger partial charge on any atom is 0.307 e. The largest absolute Gasteiger partial charge is 0.469 e. The molecule has 128 valence electrons. The molecule has 0 atom stereocenters. The van der Waals surface area contributed by atoms with E-state index in [-0.39, 0.29) is 30.0 Å². The first-order valence-corrected chi connectivity index (χ1v) is 7.93. The highest BCUT2D eigenvalue weighted by atomic mass is 35.5. The second kappa shape index (κ2) is 7.97. The van der Waals surface area contributed by atoms with Gasteiger partial charge in [0.1, 0.15) is 5.15 Å². The van der Waals surface area contributed by atoms with E-state index in [2.05, 4.69) is 15.2 Å². The number of carbonyl (C=O) groups excluding carboxylic acids is 2. The van der Waals surface area contributed by atoms with E-state index >= 15 is 0 Å². The Morgan fingerprint density at radius 1 is 1.25 bits per heavy atom. The molecule has 0 saturated heterocycles. The molecule has 1 heterocycles. The van der Waals surface area contributed by atoms with Crippen molar-refractivity contribution in [1.82, 2.24) is 15.1 Å². The molecule has 1 N–H and O–H groups in total. The molecule has 0 bridgehead atoms. The first kappa shape index (κ1) is 18.0. The number of esters is 1. The number of nitrogens with zero attached hydrogens (tertiary/aromatic N) is 2. The van der Waals surface area contributed by atoms with E-state index in [1.54, 1.807) is 11.6 Å². The summed E-state index contributed by atoms with van der Waals surface area (Å²) in [4.78, 5) is 23.3. The van der Waals surface area contributed by atoms with Gasteiger partial charge in [-0.25, -0.2) is 4.68 Å². The molecule has 2 rings (SSSR count). The molecule has 0 aliphatic heterocycles. The van der Waals surface area contributed by atoms with Crippen LogP contribution in [0.15, 0.2) is 24.3 Å². The van der Waals surface area contributed by atoms with Crippen molar-refractivity contribution in [3.05, 3.63) is 51.8 Å². The fourth-order valence-electron chi connectivity index (χ4n) is 2.25. The van der Waals surface area contributed by atoms with Gasteiger partial charge in [0.05, 0.1) is 31.3 Å². The lowest BCUT2D eigenvalue weighted by Gasteiger charge is -2.06. The Bertz CT molecular complexity index is 738. The van der Waals surface area contributed by atoms with Crippen molar-refractivity contribution in [2.24, 2.45) is 0 Å². The van der Waals surface area contributed by atoms with Crippen LogP contribution in [-0.2, 0) is 16.1 Å². The first-order valence-electron chi connectivity index (χ1n) is 7.56. The van der Waals surface area contributed by atoms with Crippen molar-refractivity contribution in [1.29, 1.82) is 0 Å². The third-order valence-electron chi connectivity index (χ3n) is 3.59. The minimum atomic E-state index is -0.381. The van der Waals surface area contributed by atoms with Gasteiger partial charge in [-0.2, -0.15) is 5.10 Å². The molecule has 0 unspecified atom stereocenters. The average Bonchev–Trinajstić information content (AvgIpc) is 2.83. The summed E-state index contributed by atoms with van der Waals surface area (Å²) in [5, 5.41) is 7.27. The Morgan fingerprint density at radius 3 is 2.54 bits per heavy atom. The fourth-order valence-corrected chi connectivity index (χ4v) is 2.57. The average molecular weight is 350 g/mol. The summed E-state index contributed by atoms with van der Waals surface area (Å²) in [7, 11) is 1.31. The number of aromatic nitrogens is 2. The second-order valence-electron chi connectivity index (χ2n) is 5.48. The number of nitrogens with one attached hydrogen (secondary N) is 1. The van der Waals surface area contributed by atoms with E-state index in [9.17, 15) is 9.59 Å². The molecule has 0 aliphatic rings. The highest BCUT2D eigenvalue weighted by molar-refractivity contribution is 6.33. The third kappa shape index (κ3) is 4.35. The zero-order valence-electron chi connectivity index (χ0n) is 13.9. The van der Waals surface area contributed by atoms with Gasteiger partial charge in [-0.15, -0.1) is 0 Å². The van der Waals surface area contributed by atoms with Gasteiger partial charge in [0.15, 0.2) is 0 Å². The van der Waals surface area contributed by atoms with Crippen molar-refractivity contribution >= 4 is 23.5 Å². The number of benzene rings is 1. The number of hydrogen-bond donors (Lipinski definition) is 1. The summed E-state index contributed by atoms with van der Waals surface area (Å²) in [6.07, 6.45) is 0.108. The second-order valence-corrected chi connectivity index (χ2v) is 5.83. The molecule has 1 aromatic carbocycles. The minimum absolute atomic E-state index is 0.108. The van der Waals surface area contributed by atoms with Crippen LogP contribution in [0.3, 0.4) is 0 Å². The van der Waals surface area contributed by atoms with Gasteiger partial charge in [-0.1, -0.05) is 41.4 Å². The van der Waals surface area contributed by atoms with Crippen molar-refractivity contribution in [3.8, 4) is 0 Å². The number of rotatable bonds is 6. The Morgan fingerprint density at radius 2 is 1.92 bits per heavy atom. The number of halogens is 1. The van der Waals surface area contributed by atoms with Crippen LogP contribution in [0.5, 0.6) is 0 Å². The molecular formula is C17H20ClN3O3. The number of aryl methyl sites for hydroxylation is 2. The van der Waals surface area contributed by atoms with Crippen molar-refractivity contribution in [3.63, 3.8) is 0 Å². The number of methoxy groups -OCH3 is 1. The van der Waals surface area contributed by atoms with Crippen molar-refractivity contribution < 1.29 is 14.3 Å². The zero-order chi connectivity index (χ0) is 17.7. The van der Waals surface area contributed by atoms with Gasteiger partial charge < -0.3 is 10.1 Å². The summed E-state index contributed by atoms with van der Waals surface area (Å²) in [6, 6.07) is 8.03. The summed E-state index contributed by atoms with van der Waals surface area (Å²) >= 11 is 6.32. The number of carbonyl (C=O) groups is 2. The van der Waals surface area contributed by atoms with Crippen LogP contribution in [0.2, 0.25) is 5.15 Å². The van der Waals surface area contributed by atoms with Crippen LogP contribution >= 0.6 is 11.6 Å². The van der Waals surface area contributed by atoms with E-state index in [1.165, 1.54) is 12.7 Å². The molecule has 0 aliphatic carbocycles. The maximum atomic E-state index is 12.3. The Labute approximate surface area is 145 Å². The number of hydrogen-bond acceptors (Lipinski definition) is 4. The van der Waals surface area contributed by atoms with Gasteiger partial charge in [0, 0.05) is 6.54 Å². The van der Waals surface area contributed by atoms with Crippen molar-refractivity contribution in [2.75, 3.05) is 13.7 Å². The molecule has 24 heavy (non-hydrogen) atoms. The van der Waals surface area contributed by atoms with Gasteiger partial charge in [-0.05, 0) is 19.4 Å². The molecule has 1 amide bonds. The topological polar surface area (TPSA) is 73.2 Å².